The number of amides is 2. The number of rotatable bonds is 4. The fourth-order valence-corrected chi connectivity index (χ4v) is 2.18. The van der Waals surface area contributed by atoms with Crippen molar-refractivity contribution in [1.29, 1.82) is 0 Å². The van der Waals surface area contributed by atoms with Gasteiger partial charge >= 0.3 is 6.03 Å². The number of carbonyl (C=O) groups excluding carboxylic acids is 1. The van der Waals surface area contributed by atoms with Crippen molar-refractivity contribution < 1.29 is 4.79 Å². The van der Waals surface area contributed by atoms with E-state index in [1.54, 1.807) is 11.8 Å². The molecule has 0 heterocycles. The summed E-state index contributed by atoms with van der Waals surface area (Å²) in [4.78, 5) is 12.5. The molecular formula is C10H16N2OSSi. The molecule has 0 saturated carbocycles. The molecule has 0 aromatic heterocycles. The largest absolute Gasteiger partial charge is 0.341 e. The lowest BCUT2D eigenvalue weighted by Crippen LogP contribution is -2.31. The lowest BCUT2D eigenvalue weighted by atomic mass is 10.3. The molecule has 1 aromatic rings. The van der Waals surface area contributed by atoms with Crippen LogP contribution in [0, 0.1) is 0 Å². The number of para-hydroxylation sites is 1. The SMILES string of the molecule is C[SiH2]CNC(=O)Nc1ccccc1SC. The second kappa shape index (κ2) is 6.52. The van der Waals surface area contributed by atoms with Gasteiger partial charge in [-0.1, -0.05) is 18.7 Å². The van der Waals surface area contributed by atoms with E-state index in [0.717, 1.165) is 16.8 Å². The predicted octanol–water partition coefficient (Wildman–Crippen LogP) is 1.70. The smallest absolute Gasteiger partial charge is 0.318 e. The Bertz CT molecular complexity index is 333. The molecule has 0 saturated heterocycles. The highest BCUT2D eigenvalue weighted by Gasteiger charge is 2.03. The number of hydrogen-bond donors (Lipinski definition) is 2. The Labute approximate surface area is 96.8 Å². The molecule has 0 fully saturated rings. The molecule has 0 aliphatic heterocycles. The number of carbonyl (C=O) groups is 1. The average molecular weight is 240 g/mol. The van der Waals surface area contributed by atoms with Gasteiger partial charge < -0.3 is 10.6 Å². The van der Waals surface area contributed by atoms with E-state index in [1.807, 2.05) is 30.5 Å². The van der Waals surface area contributed by atoms with Gasteiger partial charge in [0.05, 0.1) is 5.69 Å². The molecule has 1 rings (SSSR count). The van der Waals surface area contributed by atoms with E-state index < -0.39 is 0 Å². The molecule has 0 unspecified atom stereocenters. The van der Waals surface area contributed by atoms with Crippen LogP contribution in [0.5, 0.6) is 0 Å². The fraction of sp³-hybridized carbons (Fsp3) is 0.300. The minimum absolute atomic E-state index is 0.106. The van der Waals surface area contributed by atoms with Crippen LogP contribution in [-0.4, -0.2) is 28.0 Å². The van der Waals surface area contributed by atoms with Crippen LogP contribution in [0.2, 0.25) is 6.55 Å². The van der Waals surface area contributed by atoms with Crippen LogP contribution in [0.3, 0.4) is 0 Å². The average Bonchev–Trinajstić information content (AvgIpc) is 2.27. The van der Waals surface area contributed by atoms with Crippen LogP contribution in [0.25, 0.3) is 0 Å². The number of benzene rings is 1. The zero-order chi connectivity index (χ0) is 11.1. The van der Waals surface area contributed by atoms with Gasteiger partial charge in [0.1, 0.15) is 0 Å². The van der Waals surface area contributed by atoms with Gasteiger partial charge in [0, 0.05) is 20.6 Å². The van der Waals surface area contributed by atoms with Crippen molar-refractivity contribution in [2.24, 2.45) is 0 Å². The third-order valence-electron chi connectivity index (χ3n) is 1.89. The van der Waals surface area contributed by atoms with Crippen molar-refractivity contribution >= 4 is 33.0 Å². The molecule has 0 atom stereocenters. The molecule has 0 aliphatic carbocycles. The molecule has 0 radical (unpaired) electrons. The first-order valence-corrected chi connectivity index (χ1v) is 8.59. The molecule has 0 aliphatic rings. The summed E-state index contributed by atoms with van der Waals surface area (Å²) in [5.41, 5.74) is 0.875. The summed E-state index contributed by atoms with van der Waals surface area (Å²) in [6.07, 6.45) is 2.84. The number of hydrogen-bond acceptors (Lipinski definition) is 2. The summed E-state index contributed by atoms with van der Waals surface area (Å²) in [5, 5.41) is 5.68. The van der Waals surface area contributed by atoms with E-state index >= 15 is 0 Å². The summed E-state index contributed by atoms with van der Waals surface area (Å²) in [7, 11) is -0.110. The standard InChI is InChI=1S/C10H16N2OSSi/c1-14-9-6-4-3-5-8(9)12-10(13)11-7-15-2/h3-6H,7,15H2,1-2H3,(H2,11,12,13). The molecule has 2 N–H and O–H groups in total. The molecular weight excluding hydrogens is 224 g/mol. The van der Waals surface area contributed by atoms with Gasteiger partial charge in [-0.15, -0.1) is 11.8 Å². The van der Waals surface area contributed by atoms with Gasteiger partial charge in [0.2, 0.25) is 0 Å². The van der Waals surface area contributed by atoms with Gasteiger partial charge in [0.25, 0.3) is 0 Å². The van der Waals surface area contributed by atoms with E-state index in [-0.39, 0.29) is 15.6 Å². The monoisotopic (exact) mass is 240 g/mol. The van der Waals surface area contributed by atoms with Gasteiger partial charge in [-0.25, -0.2) is 4.79 Å². The van der Waals surface area contributed by atoms with Crippen LogP contribution in [0.15, 0.2) is 29.2 Å². The van der Waals surface area contributed by atoms with Crippen LogP contribution < -0.4 is 10.6 Å². The fourth-order valence-electron chi connectivity index (χ4n) is 1.15. The summed E-state index contributed by atoms with van der Waals surface area (Å²) in [6, 6.07) is 7.69. The number of nitrogens with one attached hydrogen (secondary N) is 2. The van der Waals surface area contributed by atoms with Crippen molar-refractivity contribution in [2.75, 3.05) is 17.7 Å². The Morgan fingerprint density at radius 1 is 1.47 bits per heavy atom. The number of thioether (sulfide) groups is 1. The minimum Gasteiger partial charge on any atom is -0.341 e. The van der Waals surface area contributed by atoms with Gasteiger partial charge in [0.15, 0.2) is 0 Å². The second-order valence-electron chi connectivity index (χ2n) is 3.08. The Hall–Kier alpha value is -0.943. The topological polar surface area (TPSA) is 41.1 Å². The van der Waals surface area contributed by atoms with Crippen LogP contribution >= 0.6 is 11.8 Å². The summed E-state index contributed by atoms with van der Waals surface area (Å²) < 4.78 is 0. The lowest BCUT2D eigenvalue weighted by molar-refractivity contribution is 0.253. The van der Waals surface area contributed by atoms with Gasteiger partial charge in [-0.3, -0.25) is 0 Å². The Balaban J connectivity index is 2.59. The Morgan fingerprint density at radius 2 is 2.20 bits per heavy atom. The zero-order valence-electron chi connectivity index (χ0n) is 9.04. The van der Waals surface area contributed by atoms with E-state index in [9.17, 15) is 4.79 Å². The highest BCUT2D eigenvalue weighted by Crippen LogP contribution is 2.24. The zero-order valence-corrected chi connectivity index (χ0v) is 11.3. The van der Waals surface area contributed by atoms with Crippen LogP contribution in [-0.2, 0) is 0 Å². The molecule has 5 heteroatoms. The van der Waals surface area contributed by atoms with E-state index in [2.05, 4.69) is 17.2 Å². The highest BCUT2D eigenvalue weighted by atomic mass is 32.2. The Kier molecular flexibility index (Phi) is 5.27. The Morgan fingerprint density at radius 3 is 2.87 bits per heavy atom. The maximum atomic E-state index is 11.4. The van der Waals surface area contributed by atoms with E-state index in [0.29, 0.717) is 0 Å². The third-order valence-corrected chi connectivity index (χ3v) is 3.44. The van der Waals surface area contributed by atoms with Gasteiger partial charge in [-0.05, 0) is 18.4 Å². The summed E-state index contributed by atoms with van der Waals surface area (Å²) >= 11 is 1.63. The van der Waals surface area contributed by atoms with E-state index in [1.165, 1.54) is 0 Å². The molecule has 2 amide bonds. The molecule has 0 spiro atoms. The molecule has 0 bridgehead atoms. The molecule has 3 nitrogen and oxygen atoms in total. The maximum Gasteiger partial charge on any atom is 0.318 e. The number of anilines is 1. The second-order valence-corrected chi connectivity index (χ2v) is 5.43. The minimum atomic E-state index is -0.110. The van der Waals surface area contributed by atoms with Crippen molar-refractivity contribution in [3.8, 4) is 0 Å². The first kappa shape index (κ1) is 12.1. The predicted molar refractivity (Wildman–Crippen MR) is 69.7 cm³/mol. The molecule has 15 heavy (non-hydrogen) atoms. The molecule has 82 valence electrons. The first-order valence-electron chi connectivity index (χ1n) is 4.95. The van der Waals surface area contributed by atoms with Crippen molar-refractivity contribution in [1.82, 2.24) is 5.32 Å². The summed E-state index contributed by atoms with van der Waals surface area (Å²) in [6.45, 7) is 2.16. The van der Waals surface area contributed by atoms with Crippen molar-refractivity contribution in [3.05, 3.63) is 24.3 Å². The van der Waals surface area contributed by atoms with Gasteiger partial charge in [-0.2, -0.15) is 0 Å². The van der Waals surface area contributed by atoms with Crippen molar-refractivity contribution in [2.45, 2.75) is 11.4 Å². The van der Waals surface area contributed by atoms with E-state index in [4.69, 9.17) is 0 Å². The van der Waals surface area contributed by atoms with Crippen LogP contribution in [0.4, 0.5) is 10.5 Å². The molecule has 1 aromatic carbocycles. The normalized spacial score (nSPS) is 10.5. The maximum absolute atomic E-state index is 11.4. The van der Waals surface area contributed by atoms with Crippen molar-refractivity contribution in [3.63, 3.8) is 0 Å². The quantitative estimate of drug-likeness (QED) is 0.621. The lowest BCUT2D eigenvalue weighted by Gasteiger charge is -2.09. The highest BCUT2D eigenvalue weighted by molar-refractivity contribution is 7.98. The first-order chi connectivity index (χ1) is 7.27. The van der Waals surface area contributed by atoms with Crippen LogP contribution in [0.1, 0.15) is 0 Å². The summed E-state index contributed by atoms with van der Waals surface area (Å²) in [5.74, 6) is 0. The number of urea groups is 1. The third kappa shape index (κ3) is 3.97.